The Balaban J connectivity index is 2.29. The van der Waals surface area contributed by atoms with E-state index in [0.29, 0.717) is 22.2 Å². The second kappa shape index (κ2) is 8.27. The van der Waals surface area contributed by atoms with Crippen molar-refractivity contribution in [3.05, 3.63) is 72.8 Å². The van der Waals surface area contributed by atoms with Gasteiger partial charge >= 0.3 is 0 Å². The lowest BCUT2D eigenvalue weighted by atomic mass is 10.1. The summed E-state index contributed by atoms with van der Waals surface area (Å²) in [5, 5.41) is -0.618. The normalized spacial score (nSPS) is 10.4. The molecule has 0 fully saturated rings. The van der Waals surface area contributed by atoms with E-state index in [4.69, 9.17) is 0 Å². The Hall–Kier alpha value is -2.18. The SMILES string of the molecule is C=CC(=O)Sc1ccc(-c2cc(F)c(SC(=O)C(=C)C)cc2F)cc1. The van der Waals surface area contributed by atoms with Crippen molar-refractivity contribution in [2.45, 2.75) is 16.7 Å². The van der Waals surface area contributed by atoms with Gasteiger partial charge in [-0.25, -0.2) is 8.78 Å². The summed E-state index contributed by atoms with van der Waals surface area (Å²) in [5.41, 5.74) is 0.807. The molecule has 0 amide bonds. The minimum absolute atomic E-state index is 0.0798. The van der Waals surface area contributed by atoms with Crippen LogP contribution in [0.25, 0.3) is 11.1 Å². The van der Waals surface area contributed by atoms with Crippen LogP contribution >= 0.6 is 23.5 Å². The Kier molecular flexibility index (Phi) is 6.33. The molecule has 2 aromatic rings. The second-order valence-corrected chi connectivity index (χ2v) is 7.17. The molecule has 6 heteroatoms. The summed E-state index contributed by atoms with van der Waals surface area (Å²) in [6, 6.07) is 8.54. The van der Waals surface area contributed by atoms with E-state index < -0.39 is 16.7 Å². The average molecular weight is 376 g/mol. The first-order chi connectivity index (χ1) is 11.8. The number of carbonyl (C=O) groups is 2. The molecule has 0 heterocycles. The summed E-state index contributed by atoms with van der Waals surface area (Å²) in [6.45, 7) is 8.38. The summed E-state index contributed by atoms with van der Waals surface area (Å²) in [6.07, 6.45) is 1.20. The van der Waals surface area contributed by atoms with E-state index in [1.807, 2.05) is 0 Å². The molecule has 0 aliphatic carbocycles. The van der Waals surface area contributed by atoms with Crippen molar-refractivity contribution in [3.8, 4) is 11.1 Å². The summed E-state index contributed by atoms with van der Waals surface area (Å²) >= 11 is 1.60. The van der Waals surface area contributed by atoms with Gasteiger partial charge in [-0.2, -0.15) is 0 Å². The lowest BCUT2D eigenvalue weighted by molar-refractivity contribution is -0.108. The van der Waals surface area contributed by atoms with Crippen LogP contribution < -0.4 is 0 Å². The maximum absolute atomic E-state index is 14.3. The maximum Gasteiger partial charge on any atom is 0.219 e. The number of carbonyl (C=O) groups excluding carboxylic acids is 2. The number of thioether (sulfide) groups is 2. The minimum Gasteiger partial charge on any atom is -0.282 e. The lowest BCUT2D eigenvalue weighted by Gasteiger charge is -2.08. The summed E-state index contributed by atoms with van der Waals surface area (Å²) in [7, 11) is 0. The molecule has 128 valence electrons. The first-order valence-electron chi connectivity index (χ1n) is 7.13. The minimum atomic E-state index is -0.684. The first kappa shape index (κ1) is 19.1. The number of hydrogen-bond acceptors (Lipinski definition) is 4. The topological polar surface area (TPSA) is 34.1 Å². The molecule has 0 aliphatic heterocycles. The van der Waals surface area contributed by atoms with Gasteiger partial charge < -0.3 is 0 Å². The number of rotatable bonds is 5. The van der Waals surface area contributed by atoms with Gasteiger partial charge in [0.15, 0.2) is 0 Å². The highest BCUT2D eigenvalue weighted by Gasteiger charge is 2.15. The highest BCUT2D eigenvalue weighted by Crippen LogP contribution is 2.32. The summed E-state index contributed by atoms with van der Waals surface area (Å²) in [4.78, 5) is 23.5. The van der Waals surface area contributed by atoms with E-state index in [0.717, 1.165) is 23.9 Å². The van der Waals surface area contributed by atoms with Crippen molar-refractivity contribution in [2.24, 2.45) is 0 Å². The van der Waals surface area contributed by atoms with E-state index in [1.54, 1.807) is 24.3 Å². The molecule has 25 heavy (non-hydrogen) atoms. The first-order valence-corrected chi connectivity index (χ1v) is 8.76. The van der Waals surface area contributed by atoms with Gasteiger partial charge in [-0.15, -0.1) is 0 Å². The molecule has 2 rings (SSSR count). The lowest BCUT2D eigenvalue weighted by Crippen LogP contribution is -1.95. The van der Waals surface area contributed by atoms with Crippen LogP contribution in [0.2, 0.25) is 0 Å². The molecule has 0 saturated heterocycles. The Bertz CT molecular complexity index is 858. The van der Waals surface area contributed by atoms with Crippen LogP contribution in [0, 0.1) is 11.6 Å². The van der Waals surface area contributed by atoms with Crippen LogP contribution in [0.1, 0.15) is 6.92 Å². The Morgan fingerprint density at radius 2 is 1.68 bits per heavy atom. The van der Waals surface area contributed by atoms with Crippen LogP contribution in [0.15, 0.2) is 71.0 Å². The summed E-state index contributed by atoms with van der Waals surface area (Å²) < 4.78 is 28.6. The molecule has 0 bridgehead atoms. The highest BCUT2D eigenvalue weighted by atomic mass is 32.2. The van der Waals surface area contributed by atoms with E-state index in [9.17, 15) is 18.4 Å². The van der Waals surface area contributed by atoms with Crippen molar-refractivity contribution in [3.63, 3.8) is 0 Å². The molecule has 2 aromatic carbocycles. The zero-order valence-electron chi connectivity index (χ0n) is 13.3. The monoisotopic (exact) mass is 376 g/mol. The van der Waals surface area contributed by atoms with Crippen molar-refractivity contribution in [2.75, 3.05) is 0 Å². The fourth-order valence-corrected chi connectivity index (χ4v) is 3.16. The van der Waals surface area contributed by atoms with E-state index in [1.165, 1.54) is 13.0 Å². The quantitative estimate of drug-likeness (QED) is 0.500. The molecule has 0 radical (unpaired) electrons. The molecule has 2 nitrogen and oxygen atoms in total. The number of benzene rings is 2. The average Bonchev–Trinajstić information content (AvgIpc) is 2.58. The highest BCUT2D eigenvalue weighted by molar-refractivity contribution is 8.14. The molecular formula is C19H14F2O2S2. The molecule has 0 N–H and O–H groups in total. The van der Waals surface area contributed by atoms with Gasteiger partial charge in [0, 0.05) is 10.5 Å². The van der Waals surface area contributed by atoms with Crippen LogP contribution in [-0.2, 0) is 9.59 Å². The molecule has 0 aliphatic rings. The fraction of sp³-hybridized carbons (Fsp3) is 0.0526. The van der Waals surface area contributed by atoms with Gasteiger partial charge in [-0.3, -0.25) is 9.59 Å². The summed E-state index contributed by atoms with van der Waals surface area (Å²) in [5.74, 6) is -1.32. The third kappa shape index (κ3) is 4.90. The zero-order chi connectivity index (χ0) is 18.6. The number of halogens is 2. The molecule has 0 spiro atoms. The van der Waals surface area contributed by atoms with Crippen LogP contribution in [0.5, 0.6) is 0 Å². The van der Waals surface area contributed by atoms with Gasteiger partial charge in [0.05, 0.1) is 4.90 Å². The van der Waals surface area contributed by atoms with Crippen LogP contribution in [0.4, 0.5) is 8.78 Å². The standard InChI is InChI=1S/C19H14F2O2S2/c1-4-18(22)24-13-7-5-12(6-8-13)14-9-16(21)17(10-15(14)20)25-19(23)11(2)3/h4-10H,1-2H2,3H3. The molecular weight excluding hydrogens is 362 g/mol. The third-order valence-corrected chi connectivity index (χ3v) is 5.07. The van der Waals surface area contributed by atoms with E-state index >= 15 is 0 Å². The van der Waals surface area contributed by atoms with Gasteiger partial charge in [-0.05, 0) is 71.9 Å². The molecule has 0 unspecified atom stereocenters. The fourth-order valence-electron chi connectivity index (χ4n) is 1.88. The smallest absolute Gasteiger partial charge is 0.219 e. The molecule has 0 atom stereocenters. The van der Waals surface area contributed by atoms with Gasteiger partial charge in [0.1, 0.15) is 11.6 Å². The molecule has 0 saturated carbocycles. The third-order valence-electron chi connectivity index (χ3n) is 3.12. The Labute approximate surface area is 153 Å². The van der Waals surface area contributed by atoms with Crippen molar-refractivity contribution >= 4 is 33.8 Å². The predicted octanol–water partition coefficient (Wildman–Crippen LogP) is 5.63. The van der Waals surface area contributed by atoms with Gasteiger partial charge in [0.25, 0.3) is 0 Å². The molecule has 0 aromatic heterocycles. The van der Waals surface area contributed by atoms with E-state index in [2.05, 4.69) is 13.2 Å². The van der Waals surface area contributed by atoms with Crippen LogP contribution in [-0.4, -0.2) is 10.2 Å². The van der Waals surface area contributed by atoms with Gasteiger partial charge in [0.2, 0.25) is 10.2 Å². The Morgan fingerprint density at radius 3 is 2.24 bits per heavy atom. The van der Waals surface area contributed by atoms with Crippen molar-refractivity contribution < 1.29 is 18.4 Å². The van der Waals surface area contributed by atoms with E-state index in [-0.39, 0.29) is 21.1 Å². The largest absolute Gasteiger partial charge is 0.282 e. The predicted molar refractivity (Wildman–Crippen MR) is 98.5 cm³/mol. The van der Waals surface area contributed by atoms with Gasteiger partial charge in [-0.1, -0.05) is 25.3 Å². The van der Waals surface area contributed by atoms with Crippen molar-refractivity contribution in [1.82, 2.24) is 0 Å². The maximum atomic E-state index is 14.3. The second-order valence-electron chi connectivity index (χ2n) is 5.08. The van der Waals surface area contributed by atoms with Crippen LogP contribution in [0.3, 0.4) is 0 Å². The zero-order valence-corrected chi connectivity index (χ0v) is 15.0. The Morgan fingerprint density at radius 1 is 1.04 bits per heavy atom. The van der Waals surface area contributed by atoms with Crippen molar-refractivity contribution in [1.29, 1.82) is 0 Å². The number of hydrogen-bond donors (Lipinski definition) is 0.